The van der Waals surface area contributed by atoms with Gasteiger partial charge >= 0.3 is 6.03 Å². The summed E-state index contributed by atoms with van der Waals surface area (Å²) >= 11 is 0. The van der Waals surface area contributed by atoms with Gasteiger partial charge in [0.15, 0.2) is 0 Å². The summed E-state index contributed by atoms with van der Waals surface area (Å²) < 4.78 is 0. The van der Waals surface area contributed by atoms with E-state index in [0.717, 1.165) is 50.9 Å². The number of benzene rings is 1. The standard InChI is InChI=1S/C19H25N5O/c25-19(24-10-5-4-8-18(24)15-12-20-21-13-15)22-16-9-11-23(14-16)17-6-2-1-3-7-17/h1-3,6-7,12-13,16,18H,4-5,8-11,14H2,(H,20,21)(H,22,25). The van der Waals surface area contributed by atoms with Crippen LogP contribution in [0.5, 0.6) is 0 Å². The summed E-state index contributed by atoms with van der Waals surface area (Å²) in [6.45, 7) is 2.68. The molecule has 0 aliphatic carbocycles. The molecule has 2 unspecified atom stereocenters. The average Bonchev–Trinajstić information content (AvgIpc) is 3.34. The van der Waals surface area contributed by atoms with E-state index in [1.54, 1.807) is 0 Å². The smallest absolute Gasteiger partial charge is 0.318 e. The number of carbonyl (C=O) groups is 1. The van der Waals surface area contributed by atoms with Crippen molar-refractivity contribution in [3.05, 3.63) is 48.3 Å². The SMILES string of the molecule is O=C(NC1CCN(c2ccccc2)C1)N1CCCCC1c1cn[nH]c1. The van der Waals surface area contributed by atoms with Gasteiger partial charge in [-0.3, -0.25) is 5.10 Å². The largest absolute Gasteiger partial charge is 0.369 e. The Labute approximate surface area is 148 Å². The van der Waals surface area contributed by atoms with Crippen LogP contribution in [0, 0.1) is 0 Å². The van der Waals surface area contributed by atoms with Crippen LogP contribution in [-0.4, -0.2) is 46.8 Å². The number of aromatic nitrogens is 2. The van der Waals surface area contributed by atoms with Gasteiger partial charge in [-0.15, -0.1) is 0 Å². The van der Waals surface area contributed by atoms with Crippen LogP contribution < -0.4 is 10.2 Å². The lowest BCUT2D eigenvalue weighted by Gasteiger charge is -2.36. The lowest BCUT2D eigenvalue weighted by Crippen LogP contribution is -2.48. The van der Waals surface area contributed by atoms with Gasteiger partial charge < -0.3 is 15.1 Å². The van der Waals surface area contributed by atoms with Gasteiger partial charge in [0, 0.05) is 43.1 Å². The first kappa shape index (κ1) is 16.0. The maximum Gasteiger partial charge on any atom is 0.318 e. The van der Waals surface area contributed by atoms with E-state index >= 15 is 0 Å². The molecular formula is C19H25N5O. The monoisotopic (exact) mass is 339 g/mol. The van der Waals surface area contributed by atoms with Crippen molar-refractivity contribution in [3.63, 3.8) is 0 Å². The second kappa shape index (κ2) is 7.17. The lowest BCUT2D eigenvalue weighted by molar-refractivity contribution is 0.149. The zero-order chi connectivity index (χ0) is 17.1. The molecule has 6 heteroatoms. The first-order valence-electron chi connectivity index (χ1n) is 9.17. The number of H-pyrrole nitrogens is 1. The third-order valence-corrected chi connectivity index (χ3v) is 5.31. The third kappa shape index (κ3) is 3.48. The number of hydrogen-bond donors (Lipinski definition) is 2. The fourth-order valence-electron chi connectivity index (χ4n) is 3.97. The van der Waals surface area contributed by atoms with E-state index in [1.165, 1.54) is 5.69 Å². The number of urea groups is 1. The molecule has 2 aliphatic heterocycles. The highest BCUT2D eigenvalue weighted by Gasteiger charge is 2.31. The number of nitrogens with one attached hydrogen (secondary N) is 2. The predicted octanol–water partition coefficient (Wildman–Crippen LogP) is 2.93. The molecule has 2 amide bonds. The molecule has 0 saturated carbocycles. The van der Waals surface area contributed by atoms with E-state index in [2.05, 4.69) is 44.7 Å². The van der Waals surface area contributed by atoms with E-state index in [9.17, 15) is 4.79 Å². The number of piperidine rings is 1. The second-order valence-electron chi connectivity index (χ2n) is 6.95. The summed E-state index contributed by atoms with van der Waals surface area (Å²) in [5.41, 5.74) is 2.33. The molecule has 1 aromatic heterocycles. The Hall–Kier alpha value is -2.50. The number of para-hydroxylation sites is 1. The van der Waals surface area contributed by atoms with Crippen molar-refractivity contribution in [2.24, 2.45) is 0 Å². The van der Waals surface area contributed by atoms with Crippen LogP contribution in [0.25, 0.3) is 0 Å². The Kier molecular flexibility index (Phi) is 4.59. The summed E-state index contributed by atoms with van der Waals surface area (Å²) in [5.74, 6) is 0. The topological polar surface area (TPSA) is 64.3 Å². The minimum atomic E-state index is 0.0609. The van der Waals surface area contributed by atoms with E-state index in [4.69, 9.17) is 0 Å². The highest BCUT2D eigenvalue weighted by molar-refractivity contribution is 5.75. The van der Waals surface area contributed by atoms with Crippen LogP contribution in [0.2, 0.25) is 0 Å². The van der Waals surface area contributed by atoms with Crippen LogP contribution in [0.15, 0.2) is 42.7 Å². The fourth-order valence-corrected chi connectivity index (χ4v) is 3.97. The quantitative estimate of drug-likeness (QED) is 0.904. The Balaban J connectivity index is 1.38. The predicted molar refractivity (Wildman–Crippen MR) is 97.5 cm³/mol. The first-order chi connectivity index (χ1) is 12.3. The molecule has 2 aliphatic rings. The zero-order valence-corrected chi connectivity index (χ0v) is 14.4. The number of likely N-dealkylation sites (tertiary alicyclic amines) is 1. The molecule has 2 N–H and O–H groups in total. The highest BCUT2D eigenvalue weighted by Crippen LogP contribution is 2.30. The van der Waals surface area contributed by atoms with Crippen molar-refractivity contribution < 1.29 is 4.79 Å². The highest BCUT2D eigenvalue weighted by atomic mass is 16.2. The molecule has 2 aromatic rings. The molecule has 3 heterocycles. The van der Waals surface area contributed by atoms with E-state index in [-0.39, 0.29) is 18.1 Å². The maximum atomic E-state index is 12.9. The molecule has 1 aromatic carbocycles. The number of hydrogen-bond acceptors (Lipinski definition) is 3. The molecule has 2 saturated heterocycles. The third-order valence-electron chi connectivity index (χ3n) is 5.31. The molecule has 0 radical (unpaired) electrons. The first-order valence-corrected chi connectivity index (χ1v) is 9.17. The summed E-state index contributed by atoms with van der Waals surface area (Å²) in [7, 11) is 0. The molecule has 0 bridgehead atoms. The van der Waals surface area contributed by atoms with Gasteiger partial charge in [0.25, 0.3) is 0 Å². The number of nitrogens with zero attached hydrogens (tertiary/aromatic N) is 3. The van der Waals surface area contributed by atoms with Gasteiger partial charge in [-0.05, 0) is 37.8 Å². The van der Waals surface area contributed by atoms with Crippen LogP contribution >= 0.6 is 0 Å². The number of amides is 2. The van der Waals surface area contributed by atoms with E-state index in [0.29, 0.717) is 0 Å². The van der Waals surface area contributed by atoms with Crippen molar-refractivity contribution >= 4 is 11.7 Å². The molecule has 25 heavy (non-hydrogen) atoms. The zero-order valence-electron chi connectivity index (χ0n) is 14.4. The Bertz CT molecular complexity index is 687. The van der Waals surface area contributed by atoms with Gasteiger partial charge in [0.1, 0.15) is 0 Å². The van der Waals surface area contributed by atoms with Gasteiger partial charge in [-0.25, -0.2) is 4.79 Å². The van der Waals surface area contributed by atoms with Crippen LogP contribution in [-0.2, 0) is 0 Å². The van der Waals surface area contributed by atoms with Gasteiger partial charge in [0.05, 0.1) is 12.2 Å². The average molecular weight is 339 g/mol. The van der Waals surface area contributed by atoms with Crippen LogP contribution in [0.1, 0.15) is 37.3 Å². The van der Waals surface area contributed by atoms with Gasteiger partial charge in [-0.2, -0.15) is 5.10 Å². The van der Waals surface area contributed by atoms with Crippen molar-refractivity contribution in [2.45, 2.75) is 37.8 Å². The van der Waals surface area contributed by atoms with E-state index < -0.39 is 0 Å². The normalized spacial score (nSPS) is 23.7. The molecule has 4 rings (SSSR count). The van der Waals surface area contributed by atoms with Crippen molar-refractivity contribution in [1.82, 2.24) is 20.4 Å². The van der Waals surface area contributed by atoms with Crippen molar-refractivity contribution in [3.8, 4) is 0 Å². The second-order valence-corrected chi connectivity index (χ2v) is 6.95. The Morgan fingerprint density at radius 3 is 2.84 bits per heavy atom. The molecular weight excluding hydrogens is 314 g/mol. The molecule has 132 valence electrons. The van der Waals surface area contributed by atoms with Crippen LogP contribution in [0.3, 0.4) is 0 Å². The summed E-state index contributed by atoms with van der Waals surface area (Å²) in [5, 5.41) is 10.2. The van der Waals surface area contributed by atoms with Gasteiger partial charge in [0.2, 0.25) is 0 Å². The van der Waals surface area contributed by atoms with Crippen molar-refractivity contribution in [1.29, 1.82) is 0 Å². The number of aromatic amines is 1. The number of carbonyl (C=O) groups excluding carboxylic acids is 1. The molecule has 0 spiro atoms. The molecule has 6 nitrogen and oxygen atoms in total. The Morgan fingerprint density at radius 2 is 2.04 bits per heavy atom. The Morgan fingerprint density at radius 1 is 1.16 bits per heavy atom. The minimum absolute atomic E-state index is 0.0609. The van der Waals surface area contributed by atoms with Crippen molar-refractivity contribution in [2.75, 3.05) is 24.5 Å². The molecule has 2 fully saturated rings. The minimum Gasteiger partial charge on any atom is -0.369 e. The summed E-state index contributed by atoms with van der Waals surface area (Å²) in [6.07, 6.45) is 7.97. The summed E-state index contributed by atoms with van der Waals surface area (Å²) in [6, 6.07) is 10.8. The number of rotatable bonds is 3. The molecule has 2 atom stereocenters. The lowest BCUT2D eigenvalue weighted by atomic mass is 9.98. The van der Waals surface area contributed by atoms with Crippen LogP contribution in [0.4, 0.5) is 10.5 Å². The van der Waals surface area contributed by atoms with Gasteiger partial charge in [-0.1, -0.05) is 18.2 Å². The van der Waals surface area contributed by atoms with E-state index in [1.807, 2.05) is 23.4 Å². The fraction of sp³-hybridized carbons (Fsp3) is 0.474. The summed E-state index contributed by atoms with van der Waals surface area (Å²) in [4.78, 5) is 17.2. The maximum absolute atomic E-state index is 12.9. The number of anilines is 1.